The Labute approximate surface area is 177 Å². The van der Waals surface area contributed by atoms with Gasteiger partial charge < -0.3 is 9.47 Å². The van der Waals surface area contributed by atoms with E-state index in [0.717, 1.165) is 36.8 Å². The number of rotatable bonds is 2. The first kappa shape index (κ1) is 19.8. The molecule has 0 aromatic carbocycles. The third-order valence-corrected chi connectivity index (χ3v) is 9.12. The largest absolute Gasteiger partial charge is 0.452 e. The molecule has 0 N–H and O–H groups in total. The van der Waals surface area contributed by atoms with Crippen LogP contribution in [-0.2, 0) is 11.1 Å². The van der Waals surface area contributed by atoms with E-state index in [1.807, 2.05) is 0 Å². The zero-order valence-corrected chi connectivity index (χ0v) is 19.4. The van der Waals surface area contributed by atoms with Crippen LogP contribution < -0.4 is 14.0 Å². The fourth-order valence-electron chi connectivity index (χ4n) is 7.66. The van der Waals surface area contributed by atoms with Crippen molar-refractivity contribution in [2.75, 3.05) is 13.2 Å². The molecule has 162 valence electrons. The van der Waals surface area contributed by atoms with Crippen molar-refractivity contribution in [1.82, 2.24) is 4.57 Å². The Morgan fingerprint density at radius 2 is 1.72 bits per heavy atom. The Kier molecular flexibility index (Phi) is 4.53. The van der Waals surface area contributed by atoms with E-state index < -0.39 is 0 Å². The predicted octanol–water partition coefficient (Wildman–Crippen LogP) is 5.14. The molecule has 2 aliphatic heterocycles. The molecule has 0 amide bonds. The Hall–Kier alpha value is -1.19. The zero-order chi connectivity index (χ0) is 20.6. The Morgan fingerprint density at radius 3 is 2.45 bits per heavy atom. The number of aromatic nitrogens is 2. The van der Waals surface area contributed by atoms with Crippen molar-refractivity contribution in [3.63, 3.8) is 0 Å². The van der Waals surface area contributed by atoms with E-state index in [4.69, 9.17) is 9.47 Å². The van der Waals surface area contributed by atoms with Gasteiger partial charge in [-0.1, -0.05) is 48.0 Å². The maximum atomic E-state index is 6.47. The van der Waals surface area contributed by atoms with Crippen LogP contribution >= 0.6 is 0 Å². The van der Waals surface area contributed by atoms with Crippen LogP contribution in [0.15, 0.2) is 6.33 Å². The van der Waals surface area contributed by atoms with Gasteiger partial charge in [0.15, 0.2) is 11.1 Å². The highest BCUT2D eigenvalue weighted by Crippen LogP contribution is 2.54. The van der Waals surface area contributed by atoms with Crippen LogP contribution in [0.2, 0.25) is 0 Å². The molecule has 4 heteroatoms. The molecule has 0 radical (unpaired) electrons. The number of fused-ring (bicyclic) bond motifs is 5. The summed E-state index contributed by atoms with van der Waals surface area (Å²) in [5, 5.41) is 0. The van der Waals surface area contributed by atoms with Crippen LogP contribution in [0.4, 0.5) is 0 Å². The van der Waals surface area contributed by atoms with Crippen LogP contribution in [0.5, 0.6) is 11.8 Å². The van der Waals surface area contributed by atoms with Gasteiger partial charge in [-0.05, 0) is 55.8 Å². The van der Waals surface area contributed by atoms with Gasteiger partial charge in [0.2, 0.25) is 0 Å². The summed E-state index contributed by atoms with van der Waals surface area (Å²) in [4.78, 5) is 0. The number of hydrogen-bond donors (Lipinski definition) is 0. The minimum Gasteiger partial charge on any atom is -0.452 e. The molecule has 1 aromatic heterocycles. The summed E-state index contributed by atoms with van der Waals surface area (Å²) in [6.45, 7) is 16.1. The molecule has 3 heterocycles. The molecule has 0 saturated heterocycles. The molecule has 0 unspecified atom stereocenters. The molecule has 1 aromatic rings. The minimum atomic E-state index is 0.109. The molecular weight excluding hydrogens is 360 g/mol. The van der Waals surface area contributed by atoms with Crippen molar-refractivity contribution in [3.05, 3.63) is 6.33 Å². The molecule has 4 nitrogen and oxygen atoms in total. The van der Waals surface area contributed by atoms with Crippen molar-refractivity contribution >= 4 is 0 Å². The van der Waals surface area contributed by atoms with Gasteiger partial charge in [0.05, 0.1) is 0 Å². The predicted molar refractivity (Wildman–Crippen MR) is 114 cm³/mol. The lowest BCUT2D eigenvalue weighted by Gasteiger charge is -2.43. The Bertz CT molecular complexity index is 784. The summed E-state index contributed by atoms with van der Waals surface area (Å²) < 4.78 is 18.0. The number of imidazole rings is 1. The van der Waals surface area contributed by atoms with Gasteiger partial charge in [-0.2, -0.15) is 9.13 Å². The van der Waals surface area contributed by atoms with E-state index in [1.54, 1.807) is 0 Å². The Morgan fingerprint density at radius 1 is 0.966 bits per heavy atom. The number of nitrogens with zero attached hydrogens (tertiary/aromatic N) is 2. The van der Waals surface area contributed by atoms with Gasteiger partial charge in [-0.25, -0.2) is 0 Å². The second kappa shape index (κ2) is 6.65. The molecule has 2 saturated carbocycles. The lowest BCUT2D eigenvalue weighted by atomic mass is 9.65. The smallest absolute Gasteiger partial charge is 0.373 e. The second-order valence-electron chi connectivity index (χ2n) is 11.7. The lowest BCUT2D eigenvalue weighted by molar-refractivity contribution is -0.759. The van der Waals surface area contributed by atoms with E-state index in [2.05, 4.69) is 57.0 Å². The van der Waals surface area contributed by atoms with Gasteiger partial charge >= 0.3 is 11.8 Å². The van der Waals surface area contributed by atoms with E-state index in [9.17, 15) is 0 Å². The van der Waals surface area contributed by atoms with E-state index in [0.29, 0.717) is 23.7 Å². The highest BCUT2D eigenvalue weighted by atomic mass is 16.5. The number of hydrogen-bond acceptors (Lipinski definition) is 2. The highest BCUT2D eigenvalue weighted by Gasteiger charge is 2.62. The van der Waals surface area contributed by atoms with Crippen molar-refractivity contribution in [1.29, 1.82) is 0 Å². The maximum absolute atomic E-state index is 6.47. The molecule has 29 heavy (non-hydrogen) atoms. The SMILES string of the molecule is CC(C)[C@@H]1CC[C@@H](C)C[C@@]12COc1c3[n+](cn12)[C@]1(CC[C@@H](C)C[C@H]1C(C)C)CO3. The fraction of sp³-hybridized carbons (Fsp3) is 0.880. The van der Waals surface area contributed by atoms with Crippen LogP contribution in [0.3, 0.4) is 0 Å². The average molecular weight is 402 g/mol. The van der Waals surface area contributed by atoms with Crippen LogP contribution in [0, 0.1) is 35.5 Å². The van der Waals surface area contributed by atoms with E-state index >= 15 is 0 Å². The van der Waals surface area contributed by atoms with E-state index in [-0.39, 0.29) is 11.1 Å². The molecule has 6 atom stereocenters. The van der Waals surface area contributed by atoms with Gasteiger partial charge in [0.25, 0.3) is 6.33 Å². The van der Waals surface area contributed by atoms with Crippen molar-refractivity contribution in [2.45, 2.75) is 91.1 Å². The van der Waals surface area contributed by atoms with Gasteiger partial charge in [0, 0.05) is 11.8 Å². The molecular formula is C25H41N2O2+. The maximum Gasteiger partial charge on any atom is 0.373 e. The summed E-state index contributed by atoms with van der Waals surface area (Å²) in [5.74, 6) is 6.30. The first-order valence-electron chi connectivity index (χ1n) is 12.2. The first-order valence-corrected chi connectivity index (χ1v) is 12.2. The summed E-state index contributed by atoms with van der Waals surface area (Å²) >= 11 is 0. The zero-order valence-electron chi connectivity index (χ0n) is 19.4. The molecule has 4 aliphatic rings. The monoisotopic (exact) mass is 401 g/mol. The van der Waals surface area contributed by atoms with E-state index in [1.165, 1.54) is 38.5 Å². The second-order valence-corrected chi connectivity index (χ2v) is 11.7. The summed E-state index contributed by atoms with van der Waals surface area (Å²) in [5.41, 5.74) is 0.226. The topological polar surface area (TPSA) is 27.3 Å². The molecule has 5 rings (SSSR count). The standard InChI is InChI=1S/C25H41N2O2/c1-16(2)20-8-7-19(6)12-25(20)14-29-23-22-26(15-27(23)25)24(13-28-22)10-9-18(5)11-21(24)17(3)4/h15-21H,7-14H2,1-6H3/q+1/t18-,19-,20+,21+,24-,25-/m1/s1. The third kappa shape index (κ3) is 2.66. The summed E-state index contributed by atoms with van der Waals surface area (Å²) in [7, 11) is 0. The lowest BCUT2D eigenvalue weighted by Crippen LogP contribution is -2.62. The quantitative estimate of drug-likeness (QED) is 0.642. The van der Waals surface area contributed by atoms with Gasteiger partial charge in [-0.15, -0.1) is 0 Å². The highest BCUT2D eigenvalue weighted by molar-refractivity contribution is 5.30. The third-order valence-electron chi connectivity index (χ3n) is 9.12. The number of ether oxygens (including phenoxy) is 2. The Balaban J connectivity index is 1.60. The average Bonchev–Trinajstić information content (AvgIpc) is 3.30. The van der Waals surface area contributed by atoms with Gasteiger partial charge in [0.1, 0.15) is 13.2 Å². The first-order chi connectivity index (χ1) is 13.8. The van der Waals surface area contributed by atoms with Crippen molar-refractivity contribution < 1.29 is 14.0 Å². The molecule has 0 bridgehead atoms. The van der Waals surface area contributed by atoms with Crippen molar-refractivity contribution in [3.8, 4) is 11.8 Å². The minimum absolute atomic E-state index is 0.109. The van der Waals surface area contributed by atoms with Crippen molar-refractivity contribution in [2.24, 2.45) is 35.5 Å². The van der Waals surface area contributed by atoms with Crippen LogP contribution in [0.1, 0.15) is 80.1 Å². The molecule has 2 fully saturated rings. The summed E-state index contributed by atoms with van der Waals surface area (Å²) in [6, 6.07) is 0. The van der Waals surface area contributed by atoms with Gasteiger partial charge in [-0.3, -0.25) is 0 Å². The molecule has 2 aliphatic carbocycles. The van der Waals surface area contributed by atoms with Crippen LogP contribution in [0.25, 0.3) is 0 Å². The fourth-order valence-corrected chi connectivity index (χ4v) is 7.66. The molecule has 2 spiro atoms. The van der Waals surface area contributed by atoms with Crippen LogP contribution in [-0.4, -0.2) is 17.8 Å². The normalized spacial score (nSPS) is 41.1. The summed E-state index contributed by atoms with van der Waals surface area (Å²) in [6.07, 6.45) is 10.2.